The molecule has 0 aliphatic carbocycles. The molecule has 0 bridgehead atoms. The smallest absolute Gasteiger partial charge is 0.274 e. The van der Waals surface area contributed by atoms with E-state index in [2.05, 4.69) is 26.1 Å². The highest BCUT2D eigenvalue weighted by Gasteiger charge is 2.31. The largest absolute Gasteiger partial charge is 0.389 e. The number of nitrogens with zero attached hydrogens (tertiary/aromatic N) is 7. The zero-order valence-corrected chi connectivity index (χ0v) is 16.2. The molecule has 0 spiro atoms. The molecule has 5 rings (SSSR count). The zero-order chi connectivity index (χ0) is 21.5. The van der Waals surface area contributed by atoms with Gasteiger partial charge in [0.25, 0.3) is 5.91 Å². The number of carbonyl (C=O) groups is 1. The number of aliphatic hydroxyl groups excluding tert-OH is 1. The SMILES string of the molecule is N#Cc1ccccc1-c1nc(N)c2cc(C(=O)N3CC(O)C3)nn2c1-c1ccncn1. The molecule has 10 nitrogen and oxygen atoms in total. The zero-order valence-electron chi connectivity index (χ0n) is 16.2. The summed E-state index contributed by atoms with van der Waals surface area (Å²) < 4.78 is 1.53. The van der Waals surface area contributed by atoms with Crippen molar-refractivity contribution in [3.63, 3.8) is 0 Å². The van der Waals surface area contributed by atoms with E-state index in [1.165, 1.54) is 15.7 Å². The summed E-state index contributed by atoms with van der Waals surface area (Å²) in [4.78, 5) is 27.1. The minimum absolute atomic E-state index is 0.163. The minimum Gasteiger partial charge on any atom is -0.389 e. The van der Waals surface area contributed by atoms with Gasteiger partial charge in [0.15, 0.2) is 5.69 Å². The van der Waals surface area contributed by atoms with Crippen LogP contribution in [0.5, 0.6) is 0 Å². The number of nitriles is 1. The second-order valence-electron chi connectivity index (χ2n) is 7.14. The van der Waals surface area contributed by atoms with Crippen molar-refractivity contribution in [2.75, 3.05) is 18.8 Å². The highest BCUT2D eigenvalue weighted by Crippen LogP contribution is 2.34. The minimum atomic E-state index is -0.515. The van der Waals surface area contributed by atoms with Crippen molar-refractivity contribution < 1.29 is 9.90 Å². The van der Waals surface area contributed by atoms with E-state index in [-0.39, 0.29) is 30.5 Å². The van der Waals surface area contributed by atoms with Crippen LogP contribution < -0.4 is 5.73 Å². The van der Waals surface area contributed by atoms with Crippen LogP contribution in [0.15, 0.2) is 48.9 Å². The number of nitrogens with two attached hydrogens (primary N) is 1. The molecule has 3 aromatic heterocycles. The Morgan fingerprint density at radius 1 is 1.26 bits per heavy atom. The number of amides is 1. The molecule has 152 valence electrons. The number of fused-ring (bicyclic) bond motifs is 1. The molecule has 4 aromatic rings. The van der Waals surface area contributed by atoms with Gasteiger partial charge in [0, 0.05) is 30.9 Å². The van der Waals surface area contributed by atoms with Gasteiger partial charge in [0.2, 0.25) is 0 Å². The van der Waals surface area contributed by atoms with Crippen LogP contribution in [-0.2, 0) is 0 Å². The van der Waals surface area contributed by atoms with E-state index in [9.17, 15) is 15.2 Å². The van der Waals surface area contributed by atoms with Gasteiger partial charge in [-0.1, -0.05) is 18.2 Å². The molecule has 1 amide bonds. The number of aliphatic hydroxyl groups is 1. The highest BCUT2D eigenvalue weighted by atomic mass is 16.3. The molecule has 1 saturated heterocycles. The molecule has 31 heavy (non-hydrogen) atoms. The number of aromatic nitrogens is 5. The van der Waals surface area contributed by atoms with E-state index in [0.717, 1.165) is 0 Å². The summed E-state index contributed by atoms with van der Waals surface area (Å²) in [5.74, 6) is -0.142. The van der Waals surface area contributed by atoms with Gasteiger partial charge in [-0.3, -0.25) is 4.79 Å². The van der Waals surface area contributed by atoms with Crippen molar-refractivity contribution in [1.82, 2.24) is 29.5 Å². The summed E-state index contributed by atoms with van der Waals surface area (Å²) in [7, 11) is 0. The van der Waals surface area contributed by atoms with Crippen molar-refractivity contribution >= 4 is 17.2 Å². The van der Waals surface area contributed by atoms with E-state index in [0.29, 0.717) is 33.7 Å². The first kappa shape index (κ1) is 18.7. The predicted octanol–water partition coefficient (Wildman–Crippen LogP) is 1.12. The number of benzene rings is 1. The molecule has 0 radical (unpaired) electrons. The summed E-state index contributed by atoms with van der Waals surface area (Å²) in [6.45, 7) is 0.528. The summed E-state index contributed by atoms with van der Waals surface area (Å²) in [6, 6.07) is 12.5. The Bertz CT molecular complexity index is 1350. The maximum atomic E-state index is 12.8. The third-order valence-corrected chi connectivity index (χ3v) is 5.14. The van der Waals surface area contributed by atoms with Crippen LogP contribution >= 0.6 is 0 Å². The third kappa shape index (κ3) is 3.04. The number of carbonyl (C=O) groups excluding carboxylic acids is 1. The van der Waals surface area contributed by atoms with Gasteiger partial charge in [-0.15, -0.1) is 0 Å². The summed E-state index contributed by atoms with van der Waals surface area (Å²) in [6.07, 6.45) is 2.47. The summed E-state index contributed by atoms with van der Waals surface area (Å²) >= 11 is 0. The van der Waals surface area contributed by atoms with Gasteiger partial charge in [0.05, 0.1) is 23.4 Å². The molecule has 10 heteroatoms. The van der Waals surface area contributed by atoms with E-state index < -0.39 is 6.10 Å². The second kappa shape index (κ2) is 7.16. The molecule has 4 heterocycles. The number of likely N-dealkylation sites (tertiary alicyclic amines) is 1. The van der Waals surface area contributed by atoms with Crippen LogP contribution in [0, 0.1) is 11.3 Å². The van der Waals surface area contributed by atoms with Crippen molar-refractivity contribution in [1.29, 1.82) is 5.26 Å². The van der Waals surface area contributed by atoms with Crippen LogP contribution in [0.1, 0.15) is 16.1 Å². The molecule has 3 N–H and O–H groups in total. The fourth-order valence-electron chi connectivity index (χ4n) is 3.59. The third-order valence-electron chi connectivity index (χ3n) is 5.14. The first-order valence-corrected chi connectivity index (χ1v) is 9.49. The van der Waals surface area contributed by atoms with Crippen LogP contribution in [-0.4, -0.2) is 59.7 Å². The molecular weight excluding hydrogens is 396 g/mol. The Hall–Kier alpha value is -4.36. The van der Waals surface area contributed by atoms with Gasteiger partial charge < -0.3 is 15.7 Å². The van der Waals surface area contributed by atoms with Gasteiger partial charge >= 0.3 is 0 Å². The fourth-order valence-corrected chi connectivity index (χ4v) is 3.59. The normalized spacial score (nSPS) is 13.7. The maximum Gasteiger partial charge on any atom is 0.274 e. The molecule has 1 fully saturated rings. The number of β-amino-alcohol motifs (C(OH)–C–C–N with tert-alkyl or cyclic N) is 1. The van der Waals surface area contributed by atoms with Crippen LogP contribution in [0.25, 0.3) is 28.2 Å². The Kier molecular flexibility index (Phi) is 4.31. The average Bonchev–Trinajstić information content (AvgIpc) is 3.23. The first-order chi connectivity index (χ1) is 15.1. The molecule has 0 atom stereocenters. The van der Waals surface area contributed by atoms with Gasteiger partial charge in [-0.05, 0) is 12.1 Å². The Morgan fingerprint density at radius 3 is 2.77 bits per heavy atom. The van der Waals surface area contributed by atoms with Crippen molar-refractivity contribution in [2.45, 2.75) is 6.10 Å². The lowest BCUT2D eigenvalue weighted by Crippen LogP contribution is -2.53. The number of hydrogen-bond donors (Lipinski definition) is 2. The van der Waals surface area contributed by atoms with E-state index in [1.54, 1.807) is 42.6 Å². The van der Waals surface area contributed by atoms with Crippen LogP contribution in [0.3, 0.4) is 0 Å². The Labute approximate surface area is 176 Å². The predicted molar refractivity (Wildman–Crippen MR) is 110 cm³/mol. The van der Waals surface area contributed by atoms with Gasteiger partial charge in [0.1, 0.15) is 29.0 Å². The number of nitrogen functional groups attached to an aromatic ring is 1. The molecule has 1 aliphatic rings. The van der Waals surface area contributed by atoms with Crippen molar-refractivity contribution in [3.8, 4) is 28.7 Å². The maximum absolute atomic E-state index is 12.8. The van der Waals surface area contributed by atoms with Crippen LogP contribution in [0.2, 0.25) is 0 Å². The molecule has 1 aromatic carbocycles. The summed E-state index contributed by atoms with van der Waals surface area (Å²) in [5, 5.41) is 23.6. The van der Waals surface area contributed by atoms with E-state index >= 15 is 0 Å². The molecule has 0 unspecified atom stereocenters. The lowest BCUT2D eigenvalue weighted by atomic mass is 10.0. The molecule has 0 saturated carbocycles. The first-order valence-electron chi connectivity index (χ1n) is 9.49. The second-order valence-corrected chi connectivity index (χ2v) is 7.14. The van der Waals surface area contributed by atoms with E-state index in [1.807, 2.05) is 0 Å². The Balaban J connectivity index is 1.78. The highest BCUT2D eigenvalue weighted by molar-refractivity contribution is 5.96. The van der Waals surface area contributed by atoms with Crippen LogP contribution in [0.4, 0.5) is 5.82 Å². The fraction of sp³-hybridized carbons (Fsp3) is 0.143. The number of rotatable bonds is 3. The standard InChI is InChI=1S/C21H16N8O2/c22-8-12-3-1-2-4-14(12)18-19(15-5-6-24-11-25-15)29-17(20(23)26-18)7-16(27-29)21(31)28-9-13(30)10-28/h1-7,11,13,30H,9-10H2,(H2,23,26). The lowest BCUT2D eigenvalue weighted by molar-refractivity contribution is 0.00548. The van der Waals surface area contributed by atoms with E-state index in [4.69, 9.17) is 5.73 Å². The Morgan fingerprint density at radius 2 is 2.06 bits per heavy atom. The topological polar surface area (TPSA) is 146 Å². The van der Waals surface area contributed by atoms with Gasteiger partial charge in [-0.2, -0.15) is 10.4 Å². The summed E-state index contributed by atoms with van der Waals surface area (Å²) in [5.41, 5.74) is 9.26. The average molecular weight is 412 g/mol. The van der Waals surface area contributed by atoms with Crippen molar-refractivity contribution in [3.05, 3.63) is 60.2 Å². The monoisotopic (exact) mass is 412 g/mol. The van der Waals surface area contributed by atoms with Gasteiger partial charge in [-0.25, -0.2) is 19.5 Å². The number of hydrogen-bond acceptors (Lipinski definition) is 8. The lowest BCUT2D eigenvalue weighted by Gasteiger charge is -2.35. The number of anilines is 1. The molecular formula is C21H16N8O2. The molecule has 1 aliphatic heterocycles. The quantitative estimate of drug-likeness (QED) is 0.509. The van der Waals surface area contributed by atoms with Crippen molar-refractivity contribution in [2.24, 2.45) is 0 Å².